The fraction of sp³-hybridized carbons (Fsp3) is 0.333. The van der Waals surface area contributed by atoms with Gasteiger partial charge in [-0.3, -0.25) is 9.59 Å². The lowest BCUT2D eigenvalue weighted by Gasteiger charge is -2.15. The van der Waals surface area contributed by atoms with E-state index in [0.29, 0.717) is 0 Å². The van der Waals surface area contributed by atoms with Gasteiger partial charge in [0.1, 0.15) is 5.38 Å². The average molecular weight is 277 g/mol. The molecule has 1 aromatic carbocycles. The molecule has 1 unspecified atom stereocenters. The molecule has 0 amide bonds. The summed E-state index contributed by atoms with van der Waals surface area (Å²) >= 11 is 5.82. The number of carboxylic acid groups (broad SMARTS) is 1. The molecule has 0 aliphatic rings. The largest absolute Gasteiger partial charge is 0.481 e. The van der Waals surface area contributed by atoms with E-state index < -0.39 is 35.5 Å². The summed E-state index contributed by atoms with van der Waals surface area (Å²) in [7, 11) is 0. The molecule has 0 radical (unpaired) electrons. The van der Waals surface area contributed by atoms with Crippen molar-refractivity contribution in [3.63, 3.8) is 0 Å². The summed E-state index contributed by atoms with van der Waals surface area (Å²) in [5.41, 5.74) is -0.360. The second kappa shape index (κ2) is 5.91. The molecule has 6 heteroatoms. The lowest BCUT2D eigenvalue weighted by molar-refractivity contribution is -0.136. The maximum absolute atomic E-state index is 12.8. The van der Waals surface area contributed by atoms with Crippen molar-refractivity contribution in [2.45, 2.75) is 25.1 Å². The van der Waals surface area contributed by atoms with Gasteiger partial charge in [-0.2, -0.15) is 0 Å². The molecule has 0 aliphatic carbocycles. The van der Waals surface area contributed by atoms with Crippen molar-refractivity contribution < 1.29 is 23.5 Å². The SMILES string of the molecule is CC(=O)C(Cl)c1cccc(C(F)F)c1CC(=O)O. The fourth-order valence-corrected chi connectivity index (χ4v) is 1.84. The molecule has 0 saturated heterocycles. The Kier molecular flexibility index (Phi) is 4.78. The first-order valence-corrected chi connectivity index (χ1v) is 5.54. The summed E-state index contributed by atoms with van der Waals surface area (Å²) in [4.78, 5) is 21.9. The predicted molar refractivity (Wildman–Crippen MR) is 62.0 cm³/mol. The number of hydrogen-bond acceptors (Lipinski definition) is 2. The highest BCUT2D eigenvalue weighted by atomic mass is 35.5. The van der Waals surface area contributed by atoms with Gasteiger partial charge in [-0.05, 0) is 18.1 Å². The Bertz CT molecular complexity index is 474. The minimum Gasteiger partial charge on any atom is -0.481 e. The number of carboxylic acids is 1. The normalized spacial score (nSPS) is 12.5. The monoisotopic (exact) mass is 276 g/mol. The fourth-order valence-electron chi connectivity index (χ4n) is 1.64. The maximum atomic E-state index is 12.8. The minimum atomic E-state index is -2.81. The number of benzene rings is 1. The van der Waals surface area contributed by atoms with E-state index in [4.69, 9.17) is 16.7 Å². The molecule has 0 fully saturated rings. The molecule has 0 bridgehead atoms. The Morgan fingerprint density at radius 2 is 1.89 bits per heavy atom. The van der Waals surface area contributed by atoms with Gasteiger partial charge in [0.05, 0.1) is 6.42 Å². The van der Waals surface area contributed by atoms with Gasteiger partial charge in [0.2, 0.25) is 0 Å². The van der Waals surface area contributed by atoms with E-state index in [0.717, 1.165) is 6.07 Å². The van der Waals surface area contributed by atoms with Crippen LogP contribution in [0.15, 0.2) is 18.2 Å². The van der Waals surface area contributed by atoms with E-state index in [2.05, 4.69) is 0 Å². The zero-order valence-corrected chi connectivity index (χ0v) is 10.2. The maximum Gasteiger partial charge on any atom is 0.307 e. The van der Waals surface area contributed by atoms with Gasteiger partial charge >= 0.3 is 5.97 Å². The molecule has 1 aromatic rings. The molecular formula is C12H11ClF2O3. The summed E-state index contributed by atoms with van der Waals surface area (Å²) in [5, 5.41) is 7.63. The molecule has 0 aliphatic heterocycles. The first-order chi connectivity index (χ1) is 8.34. The molecule has 0 saturated carbocycles. The highest BCUT2D eigenvalue weighted by Crippen LogP contribution is 2.32. The lowest BCUT2D eigenvalue weighted by Crippen LogP contribution is -2.12. The van der Waals surface area contributed by atoms with Crippen LogP contribution >= 0.6 is 11.6 Å². The molecule has 98 valence electrons. The van der Waals surface area contributed by atoms with Gasteiger partial charge in [-0.1, -0.05) is 18.2 Å². The van der Waals surface area contributed by atoms with E-state index in [9.17, 15) is 18.4 Å². The third-order valence-electron chi connectivity index (χ3n) is 2.44. The molecule has 0 heterocycles. The number of rotatable bonds is 5. The van der Waals surface area contributed by atoms with Crippen LogP contribution < -0.4 is 0 Å². The van der Waals surface area contributed by atoms with Crippen molar-refractivity contribution in [1.29, 1.82) is 0 Å². The Morgan fingerprint density at radius 1 is 1.33 bits per heavy atom. The highest BCUT2D eigenvalue weighted by molar-refractivity contribution is 6.31. The number of ketones is 1. The Balaban J connectivity index is 3.36. The topological polar surface area (TPSA) is 54.4 Å². The summed E-state index contributed by atoms with van der Waals surface area (Å²) in [6.07, 6.45) is -3.40. The zero-order valence-electron chi connectivity index (χ0n) is 9.49. The third-order valence-corrected chi connectivity index (χ3v) is 2.98. The van der Waals surface area contributed by atoms with Crippen molar-refractivity contribution in [1.82, 2.24) is 0 Å². The Hall–Kier alpha value is -1.49. The van der Waals surface area contributed by atoms with Gasteiger partial charge in [0, 0.05) is 5.56 Å². The van der Waals surface area contributed by atoms with Crippen molar-refractivity contribution in [3.8, 4) is 0 Å². The van der Waals surface area contributed by atoms with Crippen LogP contribution in [0.1, 0.15) is 35.4 Å². The average Bonchev–Trinajstić information content (AvgIpc) is 2.27. The van der Waals surface area contributed by atoms with Gasteiger partial charge in [-0.25, -0.2) is 8.78 Å². The van der Waals surface area contributed by atoms with E-state index in [1.54, 1.807) is 0 Å². The number of Topliss-reactive ketones (excluding diaryl/α,β-unsaturated/α-hetero) is 1. The van der Waals surface area contributed by atoms with Crippen LogP contribution in [0.25, 0.3) is 0 Å². The van der Waals surface area contributed by atoms with Crippen molar-refractivity contribution in [3.05, 3.63) is 34.9 Å². The molecule has 1 rings (SSSR count). The molecule has 18 heavy (non-hydrogen) atoms. The second-order valence-electron chi connectivity index (χ2n) is 3.76. The van der Waals surface area contributed by atoms with Crippen LogP contribution in [-0.2, 0) is 16.0 Å². The minimum absolute atomic E-state index is 0.0878. The zero-order chi connectivity index (χ0) is 13.9. The first-order valence-electron chi connectivity index (χ1n) is 5.10. The molecular weight excluding hydrogens is 266 g/mol. The van der Waals surface area contributed by atoms with Crippen molar-refractivity contribution in [2.75, 3.05) is 0 Å². The Morgan fingerprint density at radius 3 is 2.33 bits per heavy atom. The number of carbonyl (C=O) groups is 2. The van der Waals surface area contributed by atoms with Crippen LogP contribution in [0.3, 0.4) is 0 Å². The molecule has 0 aromatic heterocycles. The predicted octanol–water partition coefficient (Wildman–Crippen LogP) is 3.12. The standard InChI is InChI=1S/C12H11ClF2O3/c1-6(16)11(13)7-3-2-4-8(12(14)15)9(7)5-10(17)18/h2-4,11-12H,5H2,1H3,(H,17,18). The van der Waals surface area contributed by atoms with Gasteiger partial charge in [0.15, 0.2) is 5.78 Å². The first kappa shape index (κ1) is 14.6. The summed E-state index contributed by atoms with van der Waals surface area (Å²) in [6.45, 7) is 1.22. The number of aliphatic carboxylic acids is 1. The second-order valence-corrected chi connectivity index (χ2v) is 4.20. The van der Waals surface area contributed by atoms with Crippen LogP contribution in [0.2, 0.25) is 0 Å². The number of alkyl halides is 3. The van der Waals surface area contributed by atoms with Crippen LogP contribution in [0, 0.1) is 0 Å². The van der Waals surface area contributed by atoms with Crippen molar-refractivity contribution >= 4 is 23.4 Å². The number of carbonyl (C=O) groups excluding carboxylic acids is 1. The third kappa shape index (κ3) is 3.26. The summed E-state index contributed by atoms with van der Waals surface area (Å²) < 4.78 is 25.6. The molecule has 0 spiro atoms. The smallest absolute Gasteiger partial charge is 0.307 e. The van der Waals surface area contributed by atoms with Crippen LogP contribution in [0.5, 0.6) is 0 Å². The van der Waals surface area contributed by atoms with E-state index >= 15 is 0 Å². The quantitative estimate of drug-likeness (QED) is 0.841. The van der Waals surface area contributed by atoms with Gasteiger partial charge in [0.25, 0.3) is 6.43 Å². The van der Waals surface area contributed by atoms with Crippen LogP contribution in [-0.4, -0.2) is 16.9 Å². The van der Waals surface area contributed by atoms with Gasteiger partial charge < -0.3 is 5.11 Å². The van der Waals surface area contributed by atoms with E-state index in [-0.39, 0.29) is 11.1 Å². The number of halogens is 3. The van der Waals surface area contributed by atoms with E-state index in [1.165, 1.54) is 19.1 Å². The van der Waals surface area contributed by atoms with Crippen LogP contribution in [0.4, 0.5) is 8.78 Å². The number of hydrogen-bond donors (Lipinski definition) is 1. The van der Waals surface area contributed by atoms with Gasteiger partial charge in [-0.15, -0.1) is 11.6 Å². The van der Waals surface area contributed by atoms with Crippen molar-refractivity contribution in [2.24, 2.45) is 0 Å². The highest BCUT2D eigenvalue weighted by Gasteiger charge is 2.23. The summed E-state index contributed by atoms with van der Waals surface area (Å²) in [6, 6.07) is 3.86. The Labute approximate surface area is 107 Å². The van der Waals surface area contributed by atoms with E-state index in [1.807, 2.05) is 0 Å². The lowest BCUT2D eigenvalue weighted by atomic mass is 9.95. The molecule has 1 atom stereocenters. The molecule has 3 nitrogen and oxygen atoms in total. The summed E-state index contributed by atoms with van der Waals surface area (Å²) in [5.74, 6) is -1.67. The molecule has 1 N–H and O–H groups in total.